The number of anilines is 1. The van der Waals surface area contributed by atoms with Gasteiger partial charge in [0.05, 0.1) is 41.6 Å². The van der Waals surface area contributed by atoms with Crippen molar-refractivity contribution in [3.05, 3.63) is 69.8 Å². The summed E-state index contributed by atoms with van der Waals surface area (Å²) in [4.78, 5) is 32.7. The number of halogens is 1. The van der Waals surface area contributed by atoms with Crippen LogP contribution in [0.2, 0.25) is 0 Å². The third-order valence-electron chi connectivity index (χ3n) is 5.97. The molecule has 11 heteroatoms. The molecule has 1 amide bonds. The Hall–Kier alpha value is -2.87. The number of hydrogen-bond donors (Lipinski definition) is 0. The number of carbonyl (C=O) groups excluding carboxylic acids is 2. The summed E-state index contributed by atoms with van der Waals surface area (Å²) in [7, 11) is 4.11. The molecule has 2 saturated heterocycles. The first-order valence-corrected chi connectivity index (χ1v) is 12.1. The summed E-state index contributed by atoms with van der Waals surface area (Å²) in [6.45, 7) is 4.39. The standard InChI is InChI=1S/C25H27IN2O8/c1-5-25(35-15-31-2)22-19(28(22)24(30)33-4)13-27(36-25)18-11-17(23(29)32-3)12-20(21(18)26)34-14-16-9-7-6-8-10-16/h5-12,19,22H,1,13-15H2,2-4H3/t19-,22-,25+,28?/m0/s1. The summed E-state index contributed by atoms with van der Waals surface area (Å²) in [5.74, 6) is -1.45. The molecular weight excluding hydrogens is 583 g/mol. The minimum atomic E-state index is -1.40. The number of esters is 1. The Morgan fingerprint density at radius 1 is 1.19 bits per heavy atom. The number of carbonyl (C=O) groups is 2. The van der Waals surface area contributed by atoms with Crippen molar-refractivity contribution >= 4 is 40.3 Å². The highest BCUT2D eigenvalue weighted by molar-refractivity contribution is 14.1. The Balaban J connectivity index is 1.71. The molecule has 4 rings (SSSR count). The maximum atomic E-state index is 12.5. The van der Waals surface area contributed by atoms with Gasteiger partial charge in [0.1, 0.15) is 25.2 Å². The molecule has 0 bridgehead atoms. The van der Waals surface area contributed by atoms with E-state index in [2.05, 4.69) is 29.2 Å². The van der Waals surface area contributed by atoms with Crippen LogP contribution in [0.25, 0.3) is 0 Å². The van der Waals surface area contributed by atoms with Gasteiger partial charge in [-0.05, 0) is 46.4 Å². The van der Waals surface area contributed by atoms with E-state index in [9.17, 15) is 9.59 Å². The van der Waals surface area contributed by atoms with Gasteiger partial charge in [-0.2, -0.15) is 0 Å². The molecule has 0 spiro atoms. The predicted molar refractivity (Wildman–Crippen MR) is 137 cm³/mol. The molecule has 2 heterocycles. The Bertz CT molecular complexity index is 1130. The van der Waals surface area contributed by atoms with Crippen LogP contribution in [0.15, 0.2) is 55.1 Å². The quantitative estimate of drug-likeness (QED) is 0.138. The second-order valence-corrected chi connectivity index (χ2v) is 9.17. The van der Waals surface area contributed by atoms with E-state index >= 15 is 0 Å². The average Bonchev–Trinajstić information content (AvgIpc) is 3.65. The third kappa shape index (κ3) is 5.01. The molecular formula is C25H27IN2O8. The normalized spacial score (nSPS) is 22.4. The zero-order valence-corrected chi connectivity index (χ0v) is 22.3. The smallest absolute Gasteiger partial charge is 0.410 e. The Morgan fingerprint density at radius 3 is 2.58 bits per heavy atom. The van der Waals surface area contributed by atoms with E-state index in [-0.39, 0.29) is 18.4 Å². The van der Waals surface area contributed by atoms with Gasteiger partial charge < -0.3 is 23.7 Å². The summed E-state index contributed by atoms with van der Waals surface area (Å²) in [5, 5.41) is 1.57. The van der Waals surface area contributed by atoms with Gasteiger partial charge in [-0.3, -0.25) is 4.90 Å². The summed E-state index contributed by atoms with van der Waals surface area (Å²) < 4.78 is 27.7. The van der Waals surface area contributed by atoms with E-state index in [0.717, 1.165) is 5.56 Å². The van der Waals surface area contributed by atoms with Crippen molar-refractivity contribution in [2.45, 2.75) is 24.5 Å². The van der Waals surface area contributed by atoms with Crippen LogP contribution >= 0.6 is 22.6 Å². The fourth-order valence-electron chi connectivity index (χ4n) is 4.19. The highest BCUT2D eigenvalue weighted by Crippen LogP contribution is 2.48. The summed E-state index contributed by atoms with van der Waals surface area (Å²) in [6, 6.07) is 12.2. The lowest BCUT2D eigenvalue weighted by Gasteiger charge is -2.39. The van der Waals surface area contributed by atoms with E-state index in [1.807, 2.05) is 30.3 Å². The van der Waals surface area contributed by atoms with Crippen molar-refractivity contribution in [2.75, 3.05) is 39.7 Å². The molecule has 0 unspecified atom stereocenters. The van der Waals surface area contributed by atoms with Gasteiger partial charge in [-0.15, -0.1) is 0 Å². The molecule has 2 fully saturated rings. The van der Waals surface area contributed by atoms with Crippen LogP contribution in [-0.2, 0) is 30.4 Å². The second-order valence-electron chi connectivity index (χ2n) is 8.09. The molecule has 192 valence electrons. The molecule has 0 aliphatic carbocycles. The SMILES string of the molecule is C=C[C@@]1(OCOC)ON(c2cc(C(=O)OC)cc(OCc3ccccc3)c2I)C[C@H]2[C@@H]1N2C(=O)OC. The van der Waals surface area contributed by atoms with Crippen LogP contribution in [0.1, 0.15) is 15.9 Å². The molecule has 10 nitrogen and oxygen atoms in total. The highest BCUT2D eigenvalue weighted by Gasteiger charge is 2.68. The maximum absolute atomic E-state index is 12.5. The number of methoxy groups -OCH3 is 3. The number of hydrogen-bond acceptors (Lipinski definition) is 9. The monoisotopic (exact) mass is 610 g/mol. The van der Waals surface area contributed by atoms with Gasteiger partial charge in [0, 0.05) is 7.11 Å². The molecule has 0 N–H and O–H groups in total. The van der Waals surface area contributed by atoms with E-state index in [1.165, 1.54) is 32.3 Å². The van der Waals surface area contributed by atoms with Gasteiger partial charge in [-0.1, -0.05) is 36.9 Å². The van der Waals surface area contributed by atoms with Gasteiger partial charge in [0.15, 0.2) is 0 Å². The first kappa shape index (κ1) is 26.2. The Morgan fingerprint density at radius 2 is 1.94 bits per heavy atom. The molecule has 3 atom stereocenters. The lowest BCUT2D eigenvalue weighted by molar-refractivity contribution is -0.255. The third-order valence-corrected chi connectivity index (χ3v) is 7.05. The predicted octanol–water partition coefficient (Wildman–Crippen LogP) is 3.73. The van der Waals surface area contributed by atoms with Crippen molar-refractivity contribution in [3.63, 3.8) is 0 Å². The molecule has 2 aliphatic heterocycles. The minimum absolute atomic E-state index is 0.0944. The topological polar surface area (TPSA) is 95.8 Å². The summed E-state index contributed by atoms with van der Waals surface area (Å²) in [6.07, 6.45) is 0.982. The van der Waals surface area contributed by atoms with E-state index in [4.69, 9.17) is 28.5 Å². The van der Waals surface area contributed by atoms with Crippen LogP contribution in [0, 0.1) is 3.57 Å². The lowest BCUT2D eigenvalue weighted by Crippen LogP contribution is -2.53. The average molecular weight is 610 g/mol. The van der Waals surface area contributed by atoms with Gasteiger partial charge in [-0.25, -0.2) is 19.5 Å². The maximum Gasteiger partial charge on any atom is 0.410 e. The fourth-order valence-corrected chi connectivity index (χ4v) is 4.92. The van der Waals surface area contributed by atoms with Crippen LogP contribution in [0.3, 0.4) is 0 Å². The van der Waals surface area contributed by atoms with E-state index < -0.39 is 23.9 Å². The van der Waals surface area contributed by atoms with Crippen molar-refractivity contribution in [1.29, 1.82) is 0 Å². The summed E-state index contributed by atoms with van der Waals surface area (Å²) >= 11 is 2.14. The van der Waals surface area contributed by atoms with Crippen molar-refractivity contribution in [2.24, 2.45) is 0 Å². The van der Waals surface area contributed by atoms with Gasteiger partial charge in [0.2, 0.25) is 5.79 Å². The Kier molecular flexibility index (Phi) is 8.03. The molecule has 0 radical (unpaired) electrons. The molecule has 2 aromatic carbocycles. The fraction of sp³-hybridized carbons (Fsp3) is 0.360. The highest BCUT2D eigenvalue weighted by atomic mass is 127. The first-order valence-electron chi connectivity index (χ1n) is 11.1. The van der Waals surface area contributed by atoms with Crippen molar-refractivity contribution in [3.8, 4) is 5.75 Å². The second kappa shape index (κ2) is 11.0. The first-order chi connectivity index (χ1) is 17.4. The zero-order chi connectivity index (χ0) is 25.9. The number of ether oxygens (including phenoxy) is 5. The largest absolute Gasteiger partial charge is 0.488 e. The van der Waals surface area contributed by atoms with Crippen molar-refractivity contribution < 1.29 is 38.1 Å². The van der Waals surface area contributed by atoms with Crippen LogP contribution < -0.4 is 9.80 Å². The number of benzene rings is 2. The molecule has 36 heavy (non-hydrogen) atoms. The van der Waals surface area contributed by atoms with Crippen LogP contribution in [-0.4, -0.2) is 69.5 Å². The summed E-state index contributed by atoms with van der Waals surface area (Å²) in [5.41, 5.74) is 1.80. The minimum Gasteiger partial charge on any atom is -0.488 e. The Labute approximate surface area is 222 Å². The lowest BCUT2D eigenvalue weighted by atomic mass is 10.1. The van der Waals surface area contributed by atoms with E-state index in [0.29, 0.717) is 28.2 Å². The molecule has 0 aromatic heterocycles. The van der Waals surface area contributed by atoms with Crippen LogP contribution in [0.5, 0.6) is 5.75 Å². The van der Waals surface area contributed by atoms with Crippen LogP contribution in [0.4, 0.5) is 10.5 Å². The zero-order valence-electron chi connectivity index (χ0n) is 20.1. The van der Waals surface area contributed by atoms with Gasteiger partial charge in [0.25, 0.3) is 0 Å². The number of rotatable bonds is 9. The number of nitrogens with zero attached hydrogens (tertiary/aromatic N) is 2. The van der Waals surface area contributed by atoms with Crippen molar-refractivity contribution in [1.82, 2.24) is 4.90 Å². The number of amides is 1. The molecule has 0 saturated carbocycles. The number of fused-ring (bicyclic) bond motifs is 1. The number of hydroxylamine groups is 1. The van der Waals surface area contributed by atoms with E-state index in [1.54, 1.807) is 17.2 Å². The molecule has 2 aromatic rings. The molecule has 2 aliphatic rings. The van der Waals surface area contributed by atoms with Gasteiger partial charge >= 0.3 is 12.1 Å².